The highest BCUT2D eigenvalue weighted by atomic mass is 79.9. The predicted molar refractivity (Wildman–Crippen MR) is 57.5 cm³/mol. The fraction of sp³-hybridized carbons (Fsp3) is 0.333. The van der Waals surface area contributed by atoms with Crippen LogP contribution < -0.4 is 5.32 Å². The molecule has 0 unspecified atom stereocenters. The van der Waals surface area contributed by atoms with E-state index >= 15 is 0 Å². The molecule has 15 heavy (non-hydrogen) atoms. The second-order valence-corrected chi connectivity index (χ2v) is 3.83. The van der Waals surface area contributed by atoms with Crippen molar-refractivity contribution in [3.63, 3.8) is 0 Å². The zero-order chi connectivity index (χ0) is 11.4. The first-order valence-electron chi connectivity index (χ1n) is 4.21. The molecule has 0 fully saturated rings. The second kappa shape index (κ2) is 4.97. The van der Waals surface area contributed by atoms with E-state index in [0.29, 0.717) is 5.69 Å². The molecule has 0 aliphatic carbocycles. The number of amides is 1. The molecular weight excluding hydrogens is 264 g/mol. The minimum Gasteiger partial charge on any atom is -0.468 e. The van der Waals surface area contributed by atoms with Gasteiger partial charge in [0.25, 0.3) is 5.91 Å². The van der Waals surface area contributed by atoms with Gasteiger partial charge < -0.3 is 14.6 Å². The second-order valence-electron chi connectivity index (χ2n) is 2.91. The maximum atomic E-state index is 11.5. The van der Waals surface area contributed by atoms with Crippen molar-refractivity contribution in [3.8, 4) is 0 Å². The summed E-state index contributed by atoms with van der Waals surface area (Å²) in [6, 6.07) is 1.67. The van der Waals surface area contributed by atoms with Gasteiger partial charge in [0, 0.05) is 17.7 Å². The molecule has 0 aliphatic heterocycles. The van der Waals surface area contributed by atoms with E-state index in [2.05, 4.69) is 26.0 Å². The predicted octanol–water partition coefficient (Wildman–Crippen LogP) is 0.690. The lowest BCUT2D eigenvalue weighted by Crippen LogP contribution is -2.31. The number of ether oxygens (including phenoxy) is 1. The Labute approximate surface area is 95.5 Å². The molecule has 0 radical (unpaired) electrons. The Balaban J connectivity index is 2.61. The number of hydrogen-bond acceptors (Lipinski definition) is 3. The van der Waals surface area contributed by atoms with E-state index in [1.807, 2.05) is 0 Å². The number of aromatic nitrogens is 1. The van der Waals surface area contributed by atoms with Crippen LogP contribution in [0.2, 0.25) is 0 Å². The number of carbonyl (C=O) groups excluding carboxylic acids is 2. The summed E-state index contributed by atoms with van der Waals surface area (Å²) in [6.07, 6.45) is 1.76. The smallest absolute Gasteiger partial charge is 0.325 e. The van der Waals surface area contributed by atoms with Gasteiger partial charge in [-0.1, -0.05) is 0 Å². The van der Waals surface area contributed by atoms with Gasteiger partial charge >= 0.3 is 5.97 Å². The number of hydrogen-bond donors (Lipinski definition) is 1. The van der Waals surface area contributed by atoms with E-state index in [1.165, 1.54) is 7.11 Å². The zero-order valence-corrected chi connectivity index (χ0v) is 10.00. The minimum absolute atomic E-state index is 0.127. The first-order chi connectivity index (χ1) is 7.04. The van der Waals surface area contributed by atoms with Crippen LogP contribution in [0.25, 0.3) is 0 Å². The van der Waals surface area contributed by atoms with Crippen molar-refractivity contribution >= 4 is 27.8 Å². The quantitative estimate of drug-likeness (QED) is 0.826. The van der Waals surface area contributed by atoms with Gasteiger partial charge in [0.1, 0.15) is 12.2 Å². The Morgan fingerprint density at radius 2 is 2.27 bits per heavy atom. The van der Waals surface area contributed by atoms with Crippen molar-refractivity contribution in [1.82, 2.24) is 9.88 Å². The summed E-state index contributed by atoms with van der Waals surface area (Å²) in [4.78, 5) is 22.3. The normalized spacial score (nSPS) is 9.80. The van der Waals surface area contributed by atoms with Crippen LogP contribution in [0.3, 0.4) is 0 Å². The van der Waals surface area contributed by atoms with Crippen molar-refractivity contribution in [2.24, 2.45) is 7.05 Å². The van der Waals surface area contributed by atoms with Crippen molar-refractivity contribution in [2.75, 3.05) is 13.7 Å². The van der Waals surface area contributed by atoms with E-state index in [9.17, 15) is 9.59 Å². The van der Waals surface area contributed by atoms with Gasteiger partial charge in [0.05, 0.1) is 7.11 Å². The number of nitrogens with zero attached hydrogens (tertiary/aromatic N) is 1. The van der Waals surface area contributed by atoms with Crippen LogP contribution in [-0.4, -0.2) is 30.1 Å². The molecule has 0 aliphatic rings. The standard InChI is InChI=1S/C9H11BrN2O3/c1-12-5-6(10)3-7(12)9(14)11-4-8(13)15-2/h3,5H,4H2,1-2H3,(H,11,14). The molecule has 0 aromatic carbocycles. The summed E-state index contributed by atoms with van der Waals surface area (Å²) >= 11 is 3.25. The zero-order valence-electron chi connectivity index (χ0n) is 8.41. The Morgan fingerprint density at radius 1 is 1.60 bits per heavy atom. The lowest BCUT2D eigenvalue weighted by Gasteiger charge is -2.04. The lowest BCUT2D eigenvalue weighted by atomic mass is 10.4. The number of nitrogens with one attached hydrogen (secondary N) is 1. The molecule has 6 heteroatoms. The summed E-state index contributed by atoms with van der Waals surface area (Å²) < 4.78 is 6.88. The van der Waals surface area contributed by atoms with E-state index in [0.717, 1.165) is 4.47 Å². The number of esters is 1. The highest BCUT2D eigenvalue weighted by molar-refractivity contribution is 9.10. The summed E-state index contributed by atoms with van der Waals surface area (Å²) in [6.45, 7) is -0.127. The van der Waals surface area contributed by atoms with Gasteiger partial charge in [0.2, 0.25) is 0 Å². The highest BCUT2D eigenvalue weighted by Crippen LogP contribution is 2.13. The first-order valence-corrected chi connectivity index (χ1v) is 5.00. The molecular formula is C9H11BrN2O3. The van der Waals surface area contributed by atoms with Gasteiger partial charge in [-0.05, 0) is 22.0 Å². The number of rotatable bonds is 3. The van der Waals surface area contributed by atoms with Crippen LogP contribution in [0.1, 0.15) is 10.5 Å². The third-order valence-corrected chi connectivity index (χ3v) is 2.26. The van der Waals surface area contributed by atoms with Gasteiger partial charge in [-0.25, -0.2) is 0 Å². The fourth-order valence-electron chi connectivity index (χ4n) is 1.07. The average Bonchev–Trinajstić information content (AvgIpc) is 2.53. The van der Waals surface area contributed by atoms with Crippen LogP contribution in [0.5, 0.6) is 0 Å². The molecule has 82 valence electrons. The van der Waals surface area contributed by atoms with Crippen molar-refractivity contribution in [3.05, 3.63) is 22.4 Å². The maximum Gasteiger partial charge on any atom is 0.325 e. The number of methoxy groups -OCH3 is 1. The van der Waals surface area contributed by atoms with E-state index < -0.39 is 5.97 Å². The number of carbonyl (C=O) groups is 2. The van der Waals surface area contributed by atoms with Gasteiger partial charge in [-0.3, -0.25) is 9.59 Å². The van der Waals surface area contributed by atoms with Gasteiger partial charge in [0.15, 0.2) is 0 Å². The molecule has 1 amide bonds. The molecule has 5 nitrogen and oxygen atoms in total. The summed E-state index contributed by atoms with van der Waals surface area (Å²) in [5, 5.41) is 2.45. The Morgan fingerprint density at radius 3 is 2.73 bits per heavy atom. The summed E-state index contributed by atoms with van der Waals surface area (Å²) in [5.41, 5.74) is 0.478. The SMILES string of the molecule is COC(=O)CNC(=O)c1cc(Br)cn1C. The van der Waals surface area contributed by atoms with Crippen LogP contribution in [-0.2, 0) is 16.6 Å². The molecule has 1 N–H and O–H groups in total. The third-order valence-electron chi connectivity index (χ3n) is 1.83. The largest absolute Gasteiger partial charge is 0.468 e. The van der Waals surface area contributed by atoms with E-state index in [-0.39, 0.29) is 12.5 Å². The fourth-order valence-corrected chi connectivity index (χ4v) is 1.59. The third kappa shape index (κ3) is 3.09. The molecule has 0 saturated heterocycles. The van der Waals surface area contributed by atoms with E-state index in [4.69, 9.17) is 0 Å². The molecule has 0 spiro atoms. The van der Waals surface area contributed by atoms with Crippen molar-refractivity contribution in [1.29, 1.82) is 0 Å². The molecule has 0 saturated carbocycles. The minimum atomic E-state index is -0.475. The molecule has 1 aromatic heterocycles. The number of aryl methyl sites for hydroxylation is 1. The monoisotopic (exact) mass is 274 g/mol. The average molecular weight is 275 g/mol. The topological polar surface area (TPSA) is 60.3 Å². The van der Waals surface area contributed by atoms with Crippen LogP contribution in [0, 0.1) is 0 Å². The maximum absolute atomic E-state index is 11.5. The summed E-state index contributed by atoms with van der Waals surface area (Å²) in [5.74, 6) is -0.787. The summed E-state index contributed by atoms with van der Waals surface area (Å²) in [7, 11) is 3.02. The van der Waals surface area contributed by atoms with Crippen molar-refractivity contribution < 1.29 is 14.3 Å². The van der Waals surface area contributed by atoms with Crippen LogP contribution >= 0.6 is 15.9 Å². The van der Waals surface area contributed by atoms with Crippen molar-refractivity contribution in [2.45, 2.75) is 0 Å². The molecule has 1 aromatic rings. The number of halogens is 1. The Bertz CT molecular complexity index is 387. The lowest BCUT2D eigenvalue weighted by molar-refractivity contribution is -0.139. The Kier molecular flexibility index (Phi) is 3.90. The Hall–Kier alpha value is -1.30. The molecule has 1 heterocycles. The molecule has 1 rings (SSSR count). The molecule has 0 bridgehead atoms. The van der Waals surface area contributed by atoms with E-state index in [1.54, 1.807) is 23.9 Å². The van der Waals surface area contributed by atoms with Crippen LogP contribution in [0.4, 0.5) is 0 Å². The van der Waals surface area contributed by atoms with Gasteiger partial charge in [-0.2, -0.15) is 0 Å². The van der Waals surface area contributed by atoms with Crippen LogP contribution in [0.15, 0.2) is 16.7 Å². The van der Waals surface area contributed by atoms with Gasteiger partial charge in [-0.15, -0.1) is 0 Å². The first kappa shape index (κ1) is 11.8. The molecule has 0 atom stereocenters. The highest BCUT2D eigenvalue weighted by Gasteiger charge is 2.11.